The van der Waals surface area contributed by atoms with Crippen molar-refractivity contribution in [1.82, 2.24) is 4.98 Å². The first-order chi connectivity index (χ1) is 6.22. The molecule has 0 saturated heterocycles. The Balaban J connectivity index is 2.77. The Hall–Kier alpha value is -1.15. The predicted octanol–water partition coefficient (Wildman–Crippen LogP) is 2.09. The molecule has 0 aliphatic rings. The summed E-state index contributed by atoms with van der Waals surface area (Å²) in [7, 11) is 0. The molecule has 2 heteroatoms. The van der Waals surface area contributed by atoms with Gasteiger partial charge in [-0.1, -0.05) is 12.2 Å². The first kappa shape index (κ1) is 9.93. The summed E-state index contributed by atoms with van der Waals surface area (Å²) in [5, 5.41) is 8.59. The molecule has 0 amide bonds. The van der Waals surface area contributed by atoms with Crippen molar-refractivity contribution in [2.75, 3.05) is 6.61 Å². The number of rotatable bonds is 3. The molecule has 0 fully saturated rings. The van der Waals surface area contributed by atoms with E-state index in [1.165, 1.54) is 0 Å². The summed E-state index contributed by atoms with van der Waals surface area (Å²) >= 11 is 0. The van der Waals surface area contributed by atoms with Gasteiger partial charge in [-0.05, 0) is 38.0 Å². The number of hydrogen-bond donors (Lipinski definition) is 1. The van der Waals surface area contributed by atoms with Gasteiger partial charge in [0.2, 0.25) is 0 Å². The van der Waals surface area contributed by atoms with E-state index in [-0.39, 0.29) is 6.61 Å². The maximum atomic E-state index is 8.59. The fraction of sp³-hybridized carbons (Fsp3) is 0.364. The van der Waals surface area contributed by atoms with E-state index in [1.54, 1.807) is 0 Å². The van der Waals surface area contributed by atoms with Crippen molar-refractivity contribution in [3.63, 3.8) is 0 Å². The highest BCUT2D eigenvalue weighted by Crippen LogP contribution is 2.07. The van der Waals surface area contributed by atoms with E-state index >= 15 is 0 Å². The van der Waals surface area contributed by atoms with Gasteiger partial charge in [0.25, 0.3) is 0 Å². The van der Waals surface area contributed by atoms with Crippen molar-refractivity contribution in [1.29, 1.82) is 0 Å². The Morgan fingerprint density at radius 1 is 1.31 bits per heavy atom. The molecular formula is C11H15NO. The van der Waals surface area contributed by atoms with Gasteiger partial charge in [0, 0.05) is 18.0 Å². The van der Waals surface area contributed by atoms with Crippen LogP contribution >= 0.6 is 0 Å². The summed E-state index contributed by atoms with van der Waals surface area (Å²) in [5.41, 5.74) is 3.21. The summed E-state index contributed by atoms with van der Waals surface area (Å²) in [5.74, 6) is 0. The number of hydrogen-bond acceptors (Lipinski definition) is 2. The lowest BCUT2D eigenvalue weighted by Crippen LogP contribution is -1.86. The Morgan fingerprint density at radius 3 is 2.46 bits per heavy atom. The van der Waals surface area contributed by atoms with Crippen molar-refractivity contribution in [2.45, 2.75) is 20.3 Å². The normalized spacial score (nSPS) is 11.0. The third-order valence-corrected chi connectivity index (χ3v) is 1.71. The molecule has 0 saturated carbocycles. The summed E-state index contributed by atoms with van der Waals surface area (Å²) < 4.78 is 0. The highest BCUT2D eigenvalue weighted by molar-refractivity contribution is 5.49. The standard InChI is InChI=1S/C11H15NO/c1-9-7-11(5-3-4-6-13)8-10(2)12-9/h3,5,7-8,13H,4,6H2,1-2H3. The fourth-order valence-corrected chi connectivity index (χ4v) is 1.26. The van der Waals surface area contributed by atoms with Crippen LogP contribution in [0.15, 0.2) is 18.2 Å². The van der Waals surface area contributed by atoms with E-state index in [2.05, 4.69) is 4.98 Å². The van der Waals surface area contributed by atoms with E-state index in [4.69, 9.17) is 5.11 Å². The molecule has 0 aliphatic carbocycles. The van der Waals surface area contributed by atoms with Gasteiger partial charge in [-0.25, -0.2) is 0 Å². The van der Waals surface area contributed by atoms with Gasteiger partial charge in [0.05, 0.1) is 0 Å². The van der Waals surface area contributed by atoms with E-state index in [1.807, 2.05) is 38.1 Å². The smallest absolute Gasteiger partial charge is 0.0465 e. The van der Waals surface area contributed by atoms with Crippen LogP contribution < -0.4 is 0 Å². The van der Waals surface area contributed by atoms with Crippen LogP contribution in [0.2, 0.25) is 0 Å². The summed E-state index contributed by atoms with van der Waals surface area (Å²) in [6.07, 6.45) is 4.69. The third kappa shape index (κ3) is 3.38. The number of pyridine rings is 1. The Bertz CT molecular complexity index is 285. The zero-order chi connectivity index (χ0) is 9.68. The van der Waals surface area contributed by atoms with Crippen LogP contribution in [0.25, 0.3) is 6.08 Å². The fourth-order valence-electron chi connectivity index (χ4n) is 1.26. The van der Waals surface area contributed by atoms with Gasteiger partial charge >= 0.3 is 0 Å². The molecule has 0 unspecified atom stereocenters. The van der Waals surface area contributed by atoms with E-state index in [0.29, 0.717) is 6.42 Å². The monoisotopic (exact) mass is 177 g/mol. The Kier molecular flexibility index (Phi) is 3.65. The van der Waals surface area contributed by atoms with Gasteiger partial charge < -0.3 is 5.11 Å². The second-order valence-electron chi connectivity index (χ2n) is 3.10. The van der Waals surface area contributed by atoms with Crippen molar-refractivity contribution < 1.29 is 5.11 Å². The molecule has 1 heterocycles. The number of aryl methyl sites for hydroxylation is 2. The van der Waals surface area contributed by atoms with Crippen LogP contribution in [0.1, 0.15) is 23.4 Å². The molecule has 0 aromatic carbocycles. The highest BCUT2D eigenvalue weighted by atomic mass is 16.2. The molecule has 1 N–H and O–H groups in total. The number of nitrogens with zero attached hydrogens (tertiary/aromatic N) is 1. The lowest BCUT2D eigenvalue weighted by Gasteiger charge is -1.98. The average Bonchev–Trinajstić information content (AvgIpc) is 2.03. The quantitative estimate of drug-likeness (QED) is 0.767. The van der Waals surface area contributed by atoms with Gasteiger partial charge in [-0.15, -0.1) is 0 Å². The molecule has 13 heavy (non-hydrogen) atoms. The topological polar surface area (TPSA) is 33.1 Å². The SMILES string of the molecule is Cc1cc(C=CCCO)cc(C)n1. The summed E-state index contributed by atoms with van der Waals surface area (Å²) in [4.78, 5) is 4.28. The molecule has 0 bridgehead atoms. The van der Waals surface area contributed by atoms with Gasteiger partial charge in [0.1, 0.15) is 0 Å². The molecule has 0 spiro atoms. The summed E-state index contributed by atoms with van der Waals surface area (Å²) in [6.45, 7) is 4.17. The first-order valence-electron chi connectivity index (χ1n) is 4.45. The molecule has 1 aromatic heterocycles. The number of aromatic nitrogens is 1. The number of aliphatic hydroxyl groups is 1. The second-order valence-corrected chi connectivity index (χ2v) is 3.10. The van der Waals surface area contributed by atoms with Crippen molar-refractivity contribution >= 4 is 6.08 Å². The first-order valence-corrected chi connectivity index (χ1v) is 4.45. The zero-order valence-electron chi connectivity index (χ0n) is 8.12. The molecule has 0 atom stereocenters. The van der Waals surface area contributed by atoms with Gasteiger partial charge in [-0.3, -0.25) is 4.98 Å². The summed E-state index contributed by atoms with van der Waals surface area (Å²) in [6, 6.07) is 4.06. The minimum atomic E-state index is 0.208. The van der Waals surface area contributed by atoms with E-state index in [9.17, 15) is 0 Å². The minimum absolute atomic E-state index is 0.208. The maximum Gasteiger partial charge on any atom is 0.0465 e. The lowest BCUT2D eigenvalue weighted by atomic mass is 10.2. The molecule has 2 nitrogen and oxygen atoms in total. The van der Waals surface area contributed by atoms with E-state index in [0.717, 1.165) is 17.0 Å². The third-order valence-electron chi connectivity index (χ3n) is 1.71. The van der Waals surface area contributed by atoms with Gasteiger partial charge in [-0.2, -0.15) is 0 Å². The molecular weight excluding hydrogens is 162 g/mol. The second kappa shape index (κ2) is 4.77. The van der Waals surface area contributed by atoms with Crippen molar-refractivity contribution in [3.8, 4) is 0 Å². The van der Waals surface area contributed by atoms with Crippen molar-refractivity contribution in [3.05, 3.63) is 35.2 Å². The lowest BCUT2D eigenvalue weighted by molar-refractivity contribution is 0.303. The van der Waals surface area contributed by atoms with Crippen LogP contribution in [0.5, 0.6) is 0 Å². The average molecular weight is 177 g/mol. The predicted molar refractivity (Wildman–Crippen MR) is 54.4 cm³/mol. The molecule has 0 radical (unpaired) electrons. The molecule has 0 aliphatic heterocycles. The Morgan fingerprint density at radius 2 is 1.92 bits per heavy atom. The zero-order valence-corrected chi connectivity index (χ0v) is 8.12. The molecule has 1 aromatic rings. The van der Waals surface area contributed by atoms with E-state index < -0.39 is 0 Å². The Labute approximate surface area is 78.9 Å². The molecule has 1 rings (SSSR count). The van der Waals surface area contributed by atoms with Crippen molar-refractivity contribution in [2.24, 2.45) is 0 Å². The van der Waals surface area contributed by atoms with Crippen LogP contribution in [0, 0.1) is 13.8 Å². The van der Waals surface area contributed by atoms with Crippen LogP contribution in [0.4, 0.5) is 0 Å². The van der Waals surface area contributed by atoms with Crippen LogP contribution in [-0.4, -0.2) is 16.7 Å². The maximum absolute atomic E-state index is 8.59. The highest BCUT2D eigenvalue weighted by Gasteiger charge is 1.92. The van der Waals surface area contributed by atoms with Crippen LogP contribution in [0.3, 0.4) is 0 Å². The largest absolute Gasteiger partial charge is 0.396 e. The molecule has 70 valence electrons. The van der Waals surface area contributed by atoms with Crippen LogP contribution in [-0.2, 0) is 0 Å². The van der Waals surface area contributed by atoms with Gasteiger partial charge in [0.15, 0.2) is 0 Å². The minimum Gasteiger partial charge on any atom is -0.396 e. The number of aliphatic hydroxyl groups excluding tert-OH is 1.